The molecular weight excluding hydrogens is 426 g/mol. The Morgan fingerprint density at radius 2 is 1.97 bits per heavy atom. The van der Waals surface area contributed by atoms with Gasteiger partial charge in [0.2, 0.25) is 0 Å². The maximum absolute atomic E-state index is 5.45. The molecule has 1 aliphatic heterocycles. The fraction of sp³-hybridized carbons (Fsp3) is 0.609. The number of nitrogens with one attached hydrogen (secondary N) is 1. The van der Waals surface area contributed by atoms with Crippen LogP contribution >= 0.6 is 23.1 Å². The molecule has 166 valence electrons. The third-order valence-electron chi connectivity index (χ3n) is 6.32. The Morgan fingerprint density at radius 1 is 1.13 bits per heavy atom. The second-order valence-corrected chi connectivity index (χ2v) is 10.1. The van der Waals surface area contributed by atoms with Crippen LogP contribution in [0.15, 0.2) is 5.16 Å². The Kier molecular flexibility index (Phi) is 6.59. The van der Waals surface area contributed by atoms with Gasteiger partial charge in [-0.2, -0.15) is 0 Å². The van der Waals surface area contributed by atoms with E-state index >= 15 is 0 Å². The molecule has 1 N–H and O–H groups in total. The quantitative estimate of drug-likeness (QED) is 0.303. The molecule has 1 fully saturated rings. The van der Waals surface area contributed by atoms with Crippen molar-refractivity contribution in [3.63, 3.8) is 0 Å². The second kappa shape index (κ2) is 9.57. The standard InChI is InChI=1S/C23H31N5OS2/c1-3-6-17-15-7-4-8-16(15)18-19-20(31-22(18)25-17)21(27-23(26-19)30-2)24-9-5-10-28-11-13-29-14-12-28/h3-14H2,1-2H3,(H,24,26,27). The summed E-state index contributed by atoms with van der Waals surface area (Å²) in [5.41, 5.74) is 5.41. The number of aromatic nitrogens is 3. The van der Waals surface area contributed by atoms with Gasteiger partial charge < -0.3 is 10.1 Å². The zero-order valence-electron chi connectivity index (χ0n) is 18.5. The van der Waals surface area contributed by atoms with Crippen LogP contribution in [-0.2, 0) is 24.0 Å². The van der Waals surface area contributed by atoms with Crippen LogP contribution in [-0.4, -0.2) is 65.5 Å². The predicted octanol–water partition coefficient (Wildman–Crippen LogP) is 4.54. The van der Waals surface area contributed by atoms with Crippen LogP contribution in [0.5, 0.6) is 0 Å². The van der Waals surface area contributed by atoms with Crippen molar-refractivity contribution in [1.82, 2.24) is 19.9 Å². The molecule has 2 aliphatic rings. The first-order chi connectivity index (χ1) is 15.3. The summed E-state index contributed by atoms with van der Waals surface area (Å²) in [5, 5.41) is 5.76. The Hall–Kier alpha value is -1.48. The lowest BCUT2D eigenvalue weighted by Gasteiger charge is -2.26. The highest BCUT2D eigenvalue weighted by Gasteiger charge is 2.24. The molecule has 0 atom stereocenters. The van der Waals surface area contributed by atoms with Gasteiger partial charge in [0.05, 0.1) is 23.4 Å². The Morgan fingerprint density at radius 3 is 2.77 bits per heavy atom. The van der Waals surface area contributed by atoms with Crippen LogP contribution in [0, 0.1) is 0 Å². The fourth-order valence-corrected chi connectivity index (χ4v) is 6.31. The van der Waals surface area contributed by atoms with Gasteiger partial charge in [0.1, 0.15) is 10.6 Å². The van der Waals surface area contributed by atoms with Crippen LogP contribution in [0.2, 0.25) is 0 Å². The van der Waals surface area contributed by atoms with E-state index in [2.05, 4.69) is 23.4 Å². The number of thiophene rings is 1. The van der Waals surface area contributed by atoms with Crippen molar-refractivity contribution >= 4 is 49.3 Å². The van der Waals surface area contributed by atoms with E-state index in [1.807, 2.05) is 0 Å². The van der Waals surface area contributed by atoms with Gasteiger partial charge in [0.25, 0.3) is 0 Å². The number of morpholine rings is 1. The molecule has 0 spiro atoms. The number of fused-ring (bicyclic) bond motifs is 5. The Bertz CT molecular complexity index is 1080. The third kappa shape index (κ3) is 4.27. The maximum Gasteiger partial charge on any atom is 0.189 e. The Balaban J connectivity index is 1.46. The van der Waals surface area contributed by atoms with Gasteiger partial charge in [0, 0.05) is 30.7 Å². The molecule has 3 aromatic rings. The van der Waals surface area contributed by atoms with Crippen LogP contribution in [0.1, 0.15) is 43.0 Å². The fourth-order valence-electron chi connectivity index (χ4n) is 4.81. The van der Waals surface area contributed by atoms with E-state index in [1.165, 1.54) is 28.6 Å². The third-order valence-corrected chi connectivity index (χ3v) is 7.94. The van der Waals surface area contributed by atoms with E-state index in [-0.39, 0.29) is 0 Å². The van der Waals surface area contributed by atoms with Crippen molar-refractivity contribution in [3.05, 3.63) is 16.8 Å². The molecule has 0 radical (unpaired) electrons. The molecule has 1 aliphatic carbocycles. The van der Waals surface area contributed by atoms with Crippen molar-refractivity contribution in [2.45, 2.75) is 50.6 Å². The summed E-state index contributed by atoms with van der Waals surface area (Å²) in [6, 6.07) is 0. The van der Waals surface area contributed by atoms with E-state index in [0.717, 1.165) is 97.5 Å². The van der Waals surface area contributed by atoms with Gasteiger partial charge in [0.15, 0.2) is 5.16 Å². The molecule has 0 saturated carbocycles. The first-order valence-electron chi connectivity index (χ1n) is 11.5. The summed E-state index contributed by atoms with van der Waals surface area (Å²) in [6.45, 7) is 8.06. The highest BCUT2D eigenvalue weighted by molar-refractivity contribution is 7.98. The van der Waals surface area contributed by atoms with Crippen molar-refractivity contribution in [3.8, 4) is 0 Å². The first kappa shape index (κ1) is 21.4. The summed E-state index contributed by atoms with van der Waals surface area (Å²) in [7, 11) is 0. The van der Waals surface area contributed by atoms with E-state index in [9.17, 15) is 0 Å². The normalized spacial score (nSPS) is 17.0. The highest BCUT2D eigenvalue weighted by atomic mass is 32.2. The first-order valence-corrected chi connectivity index (χ1v) is 13.6. The average molecular weight is 458 g/mol. The average Bonchev–Trinajstić information content (AvgIpc) is 3.42. The zero-order valence-corrected chi connectivity index (χ0v) is 20.1. The topological polar surface area (TPSA) is 63.2 Å². The van der Waals surface area contributed by atoms with Crippen LogP contribution in [0.25, 0.3) is 20.4 Å². The summed E-state index contributed by atoms with van der Waals surface area (Å²) in [5.74, 6) is 0.975. The lowest BCUT2D eigenvalue weighted by molar-refractivity contribution is 0.0378. The molecule has 0 bridgehead atoms. The lowest BCUT2D eigenvalue weighted by atomic mass is 10.0. The summed E-state index contributed by atoms with van der Waals surface area (Å²) in [4.78, 5) is 18.5. The summed E-state index contributed by atoms with van der Waals surface area (Å²) in [6.07, 6.45) is 8.91. The molecule has 0 amide bonds. The Labute approximate surface area is 192 Å². The van der Waals surface area contributed by atoms with E-state index in [0.29, 0.717) is 0 Å². The minimum Gasteiger partial charge on any atom is -0.379 e. The number of anilines is 1. The number of hydrogen-bond acceptors (Lipinski definition) is 8. The lowest BCUT2D eigenvalue weighted by Crippen LogP contribution is -2.37. The van der Waals surface area contributed by atoms with Gasteiger partial charge in [-0.05, 0) is 56.0 Å². The smallest absolute Gasteiger partial charge is 0.189 e. The molecular formula is C23H31N5OS2. The molecule has 4 heterocycles. The van der Waals surface area contributed by atoms with Crippen molar-refractivity contribution in [2.75, 3.05) is 51.0 Å². The minimum atomic E-state index is 0.840. The largest absolute Gasteiger partial charge is 0.379 e. The van der Waals surface area contributed by atoms with Crippen molar-refractivity contribution < 1.29 is 4.74 Å². The van der Waals surface area contributed by atoms with Gasteiger partial charge in [-0.15, -0.1) is 11.3 Å². The van der Waals surface area contributed by atoms with E-state index in [4.69, 9.17) is 19.7 Å². The van der Waals surface area contributed by atoms with Crippen LogP contribution in [0.4, 0.5) is 5.82 Å². The zero-order chi connectivity index (χ0) is 21.2. The van der Waals surface area contributed by atoms with Crippen LogP contribution < -0.4 is 5.32 Å². The second-order valence-electron chi connectivity index (χ2n) is 8.37. The molecule has 8 heteroatoms. The number of aryl methyl sites for hydroxylation is 2. The van der Waals surface area contributed by atoms with Gasteiger partial charge in [-0.25, -0.2) is 15.0 Å². The molecule has 1 saturated heterocycles. The predicted molar refractivity (Wildman–Crippen MR) is 131 cm³/mol. The molecule has 31 heavy (non-hydrogen) atoms. The summed E-state index contributed by atoms with van der Waals surface area (Å²) < 4.78 is 6.61. The number of thioether (sulfide) groups is 1. The number of hydrogen-bond donors (Lipinski definition) is 1. The molecule has 0 aromatic carbocycles. The molecule has 5 rings (SSSR count). The SMILES string of the molecule is CCCc1nc2sc3c(NCCCN4CCOCC4)nc(SC)nc3c2c2c1CCC2. The number of ether oxygens (including phenoxy) is 1. The highest BCUT2D eigenvalue weighted by Crippen LogP contribution is 2.42. The molecule has 3 aromatic heterocycles. The number of pyridine rings is 1. The summed E-state index contributed by atoms with van der Waals surface area (Å²) >= 11 is 3.38. The molecule has 6 nitrogen and oxygen atoms in total. The van der Waals surface area contributed by atoms with E-state index in [1.54, 1.807) is 23.1 Å². The van der Waals surface area contributed by atoms with E-state index < -0.39 is 0 Å². The van der Waals surface area contributed by atoms with Crippen molar-refractivity contribution in [1.29, 1.82) is 0 Å². The molecule has 0 unspecified atom stereocenters. The number of nitrogens with zero attached hydrogens (tertiary/aromatic N) is 4. The van der Waals surface area contributed by atoms with Crippen LogP contribution in [0.3, 0.4) is 0 Å². The maximum atomic E-state index is 5.45. The monoisotopic (exact) mass is 457 g/mol. The number of rotatable bonds is 8. The van der Waals surface area contributed by atoms with Crippen molar-refractivity contribution in [2.24, 2.45) is 0 Å². The van der Waals surface area contributed by atoms with Gasteiger partial charge >= 0.3 is 0 Å². The van der Waals surface area contributed by atoms with Gasteiger partial charge in [-0.3, -0.25) is 4.90 Å². The van der Waals surface area contributed by atoms with Gasteiger partial charge in [-0.1, -0.05) is 25.1 Å². The minimum absolute atomic E-state index is 0.840.